The van der Waals surface area contributed by atoms with Gasteiger partial charge in [-0.3, -0.25) is 9.59 Å². The maximum Gasteiger partial charge on any atom is 0.334 e. The maximum atomic E-state index is 13.2. The van der Waals surface area contributed by atoms with Crippen LogP contribution in [-0.4, -0.2) is 37.7 Å². The highest BCUT2D eigenvalue weighted by molar-refractivity contribution is 9.10. The van der Waals surface area contributed by atoms with Crippen molar-refractivity contribution in [2.75, 3.05) is 19.8 Å². The van der Waals surface area contributed by atoms with Crippen LogP contribution in [0.15, 0.2) is 40.4 Å². The lowest BCUT2D eigenvalue weighted by Crippen LogP contribution is -2.51. The number of rotatable bonds is 7. The molecule has 8 heteroatoms. The Balaban J connectivity index is 2.75. The summed E-state index contributed by atoms with van der Waals surface area (Å²) in [5, 5.41) is 10.3. The van der Waals surface area contributed by atoms with E-state index in [0.717, 1.165) is 4.47 Å². The van der Waals surface area contributed by atoms with Crippen molar-refractivity contribution in [3.63, 3.8) is 0 Å². The molecule has 7 nitrogen and oxygen atoms in total. The topological polar surface area (TPSA) is 103 Å². The molecule has 0 saturated carbocycles. The minimum Gasteiger partial charge on any atom is -0.465 e. The first-order valence-corrected chi connectivity index (χ1v) is 10.5. The molecular weight excluding hydrogens is 454 g/mol. The Morgan fingerprint density at radius 3 is 2.20 bits per heavy atom. The van der Waals surface area contributed by atoms with Crippen molar-refractivity contribution in [3.05, 3.63) is 46.0 Å². The van der Waals surface area contributed by atoms with Crippen LogP contribution in [0, 0.1) is 22.7 Å². The molecule has 0 radical (unpaired) electrons. The summed E-state index contributed by atoms with van der Waals surface area (Å²) in [4.78, 5) is 38.8. The van der Waals surface area contributed by atoms with E-state index in [4.69, 9.17) is 14.2 Å². The van der Waals surface area contributed by atoms with Crippen LogP contribution in [0.2, 0.25) is 0 Å². The molecule has 2 rings (SSSR count). The molecular formula is C22H24BrNO6. The number of hydrogen-bond acceptors (Lipinski definition) is 7. The lowest BCUT2D eigenvalue weighted by atomic mass is 9.58. The largest absolute Gasteiger partial charge is 0.465 e. The monoisotopic (exact) mass is 477 g/mol. The first-order valence-electron chi connectivity index (χ1n) is 9.74. The second-order valence-electron chi connectivity index (χ2n) is 6.61. The van der Waals surface area contributed by atoms with Crippen LogP contribution in [0.5, 0.6) is 0 Å². The molecule has 160 valence electrons. The van der Waals surface area contributed by atoms with E-state index in [0.29, 0.717) is 5.56 Å². The van der Waals surface area contributed by atoms with Gasteiger partial charge >= 0.3 is 17.9 Å². The molecule has 0 heterocycles. The van der Waals surface area contributed by atoms with E-state index in [-0.39, 0.29) is 31.8 Å². The van der Waals surface area contributed by atoms with E-state index < -0.39 is 35.2 Å². The van der Waals surface area contributed by atoms with E-state index in [1.807, 2.05) is 6.07 Å². The molecule has 0 spiro atoms. The third-order valence-corrected chi connectivity index (χ3v) is 5.52. The van der Waals surface area contributed by atoms with Gasteiger partial charge in [0.05, 0.1) is 25.9 Å². The molecule has 1 aromatic carbocycles. The number of benzene rings is 1. The molecule has 0 aliphatic heterocycles. The number of carbonyl (C=O) groups is 3. The average Bonchev–Trinajstić information content (AvgIpc) is 2.73. The third kappa shape index (κ3) is 4.41. The number of hydrogen-bond donors (Lipinski definition) is 0. The summed E-state index contributed by atoms with van der Waals surface area (Å²) in [7, 11) is 0. The molecule has 0 N–H and O–H groups in total. The van der Waals surface area contributed by atoms with Crippen molar-refractivity contribution in [2.45, 2.75) is 33.1 Å². The van der Waals surface area contributed by atoms with Crippen molar-refractivity contribution >= 4 is 33.8 Å². The predicted molar refractivity (Wildman–Crippen MR) is 111 cm³/mol. The molecule has 1 aliphatic rings. The highest BCUT2D eigenvalue weighted by atomic mass is 79.9. The Labute approximate surface area is 184 Å². The molecule has 0 fully saturated rings. The SMILES string of the molecule is CCOC(=O)C1=CC[C@H](c2ccc(Br)cc2)[C@@](C#N)(C(=O)OCC)[C@@H]1C(=O)OCC. The second kappa shape index (κ2) is 10.4. The number of nitrogens with zero attached hydrogens (tertiary/aromatic N) is 1. The Morgan fingerprint density at radius 2 is 1.67 bits per heavy atom. The number of carbonyl (C=O) groups excluding carboxylic acids is 3. The van der Waals surface area contributed by atoms with Gasteiger partial charge in [-0.05, 0) is 44.9 Å². The van der Waals surface area contributed by atoms with Gasteiger partial charge < -0.3 is 14.2 Å². The van der Waals surface area contributed by atoms with Crippen LogP contribution in [0.1, 0.15) is 38.7 Å². The van der Waals surface area contributed by atoms with Crippen LogP contribution in [0.25, 0.3) is 0 Å². The Hall–Kier alpha value is -2.66. The molecule has 30 heavy (non-hydrogen) atoms. The van der Waals surface area contributed by atoms with Crippen molar-refractivity contribution in [1.82, 2.24) is 0 Å². The molecule has 1 aromatic rings. The first kappa shape index (κ1) is 23.6. The fourth-order valence-electron chi connectivity index (χ4n) is 3.74. The van der Waals surface area contributed by atoms with Crippen LogP contribution < -0.4 is 0 Å². The van der Waals surface area contributed by atoms with Crippen molar-refractivity contribution < 1.29 is 28.6 Å². The van der Waals surface area contributed by atoms with Gasteiger partial charge in [-0.2, -0.15) is 5.26 Å². The highest BCUT2D eigenvalue weighted by Gasteiger charge is 2.61. The number of halogens is 1. The van der Waals surface area contributed by atoms with Crippen LogP contribution in [0.3, 0.4) is 0 Å². The molecule has 0 unspecified atom stereocenters. The lowest BCUT2D eigenvalue weighted by Gasteiger charge is -2.41. The number of nitriles is 1. The van der Waals surface area contributed by atoms with E-state index in [1.54, 1.807) is 51.1 Å². The minimum atomic E-state index is -1.98. The van der Waals surface area contributed by atoms with Gasteiger partial charge in [-0.25, -0.2) is 4.79 Å². The van der Waals surface area contributed by atoms with Crippen molar-refractivity contribution in [1.29, 1.82) is 5.26 Å². The Morgan fingerprint density at radius 1 is 1.07 bits per heavy atom. The highest BCUT2D eigenvalue weighted by Crippen LogP contribution is 2.52. The Bertz CT molecular complexity index is 873. The third-order valence-electron chi connectivity index (χ3n) is 4.99. The van der Waals surface area contributed by atoms with Crippen LogP contribution >= 0.6 is 15.9 Å². The van der Waals surface area contributed by atoms with Crippen LogP contribution in [0.4, 0.5) is 0 Å². The van der Waals surface area contributed by atoms with Gasteiger partial charge in [-0.15, -0.1) is 0 Å². The maximum absolute atomic E-state index is 13.2. The zero-order valence-corrected chi connectivity index (χ0v) is 18.7. The van der Waals surface area contributed by atoms with E-state index >= 15 is 0 Å². The lowest BCUT2D eigenvalue weighted by molar-refractivity contribution is -0.167. The van der Waals surface area contributed by atoms with Crippen molar-refractivity contribution in [3.8, 4) is 6.07 Å². The summed E-state index contributed by atoms with van der Waals surface area (Å²) in [6, 6.07) is 9.15. The first-order chi connectivity index (χ1) is 14.4. The smallest absolute Gasteiger partial charge is 0.334 e. The molecule has 0 saturated heterocycles. The molecule has 0 aromatic heterocycles. The van der Waals surface area contributed by atoms with E-state index in [9.17, 15) is 19.6 Å². The zero-order chi connectivity index (χ0) is 22.3. The van der Waals surface area contributed by atoms with Gasteiger partial charge in [0.2, 0.25) is 0 Å². The predicted octanol–water partition coefficient (Wildman–Crippen LogP) is 3.68. The Kier molecular flexibility index (Phi) is 8.18. The minimum absolute atomic E-state index is 0.0172. The van der Waals surface area contributed by atoms with E-state index in [2.05, 4.69) is 15.9 Å². The molecule has 0 amide bonds. The number of ether oxygens (including phenoxy) is 3. The van der Waals surface area contributed by atoms with E-state index in [1.165, 1.54) is 0 Å². The van der Waals surface area contributed by atoms with Gasteiger partial charge in [0, 0.05) is 16.0 Å². The van der Waals surface area contributed by atoms with Gasteiger partial charge in [0.1, 0.15) is 5.92 Å². The standard InChI is InChI=1S/C22H24BrNO6/c1-4-28-19(25)16-11-12-17(14-7-9-15(23)10-8-14)22(13-24,21(27)30-6-3)18(16)20(26)29-5-2/h7-11,17-18H,4-6,12H2,1-3H3/t17-,18+,22-/m1/s1. The number of allylic oxidation sites excluding steroid dienone is 1. The van der Waals surface area contributed by atoms with Gasteiger partial charge in [-0.1, -0.05) is 34.1 Å². The summed E-state index contributed by atoms with van der Waals surface area (Å²) in [6.45, 7) is 4.98. The molecule has 3 atom stereocenters. The fourth-order valence-corrected chi connectivity index (χ4v) is 4.01. The summed E-state index contributed by atoms with van der Waals surface area (Å²) in [5.74, 6) is -4.65. The van der Waals surface area contributed by atoms with Crippen molar-refractivity contribution in [2.24, 2.45) is 11.3 Å². The van der Waals surface area contributed by atoms with Gasteiger partial charge in [0.15, 0.2) is 5.41 Å². The average molecular weight is 478 g/mol. The molecule has 0 bridgehead atoms. The molecule has 1 aliphatic carbocycles. The zero-order valence-electron chi connectivity index (χ0n) is 17.1. The summed E-state index contributed by atoms with van der Waals surface area (Å²) < 4.78 is 16.3. The van der Waals surface area contributed by atoms with Gasteiger partial charge in [0.25, 0.3) is 0 Å². The normalized spacial score (nSPS) is 23.0. The second-order valence-corrected chi connectivity index (χ2v) is 7.52. The summed E-state index contributed by atoms with van der Waals surface area (Å²) in [6.07, 6.45) is 1.74. The summed E-state index contributed by atoms with van der Waals surface area (Å²) >= 11 is 3.37. The fraction of sp³-hybridized carbons (Fsp3) is 0.455. The number of esters is 3. The quantitative estimate of drug-likeness (QED) is 0.435. The summed E-state index contributed by atoms with van der Waals surface area (Å²) in [5.41, 5.74) is -1.37. The van der Waals surface area contributed by atoms with Crippen LogP contribution in [-0.2, 0) is 28.6 Å².